The molecule has 3 fully saturated rings. The van der Waals surface area contributed by atoms with Crippen molar-refractivity contribution in [2.75, 3.05) is 24.6 Å². The third-order valence-corrected chi connectivity index (χ3v) is 10.1. The first-order valence-electron chi connectivity index (χ1n) is 14.6. The summed E-state index contributed by atoms with van der Waals surface area (Å²) in [5.41, 5.74) is 0.155. The van der Waals surface area contributed by atoms with Gasteiger partial charge in [0.05, 0.1) is 41.3 Å². The zero-order valence-corrected chi connectivity index (χ0v) is 26.5. The van der Waals surface area contributed by atoms with Crippen LogP contribution in [0.1, 0.15) is 25.3 Å². The molecular weight excluding hydrogens is 634 g/mol. The van der Waals surface area contributed by atoms with Crippen LogP contribution in [0.15, 0.2) is 79.9 Å². The van der Waals surface area contributed by atoms with E-state index in [0.29, 0.717) is 30.1 Å². The van der Waals surface area contributed by atoms with Crippen molar-refractivity contribution in [1.29, 1.82) is 0 Å². The summed E-state index contributed by atoms with van der Waals surface area (Å²) >= 11 is 10.3. The Labute approximate surface area is 266 Å². The molecule has 5 rings (SSSR count). The molecule has 3 aliphatic rings. The maximum absolute atomic E-state index is 14.7. The van der Waals surface area contributed by atoms with E-state index in [1.165, 1.54) is 9.80 Å². The van der Waals surface area contributed by atoms with E-state index in [2.05, 4.69) is 29.1 Å². The van der Waals surface area contributed by atoms with Crippen molar-refractivity contribution in [3.63, 3.8) is 0 Å². The maximum Gasteiger partial charge on any atom is 0.253 e. The van der Waals surface area contributed by atoms with Gasteiger partial charge in [0.1, 0.15) is 11.6 Å². The van der Waals surface area contributed by atoms with Gasteiger partial charge in [-0.05, 0) is 30.5 Å². The number of amides is 3. The number of carbonyl (C=O) groups excluding carboxylic acids is 3. The van der Waals surface area contributed by atoms with Crippen LogP contribution in [0.2, 0.25) is 5.02 Å². The Balaban J connectivity index is 1.59. The number of carbonyl (C=O) groups is 3. The number of benzene rings is 2. The van der Waals surface area contributed by atoms with E-state index in [9.17, 15) is 19.5 Å². The molecule has 3 heterocycles. The molecule has 228 valence electrons. The van der Waals surface area contributed by atoms with E-state index in [0.717, 1.165) is 5.56 Å². The van der Waals surface area contributed by atoms with Crippen LogP contribution in [0, 0.1) is 11.8 Å². The molecule has 1 spiro atoms. The third kappa shape index (κ3) is 5.35. The van der Waals surface area contributed by atoms with Crippen LogP contribution in [-0.4, -0.2) is 80.9 Å². The van der Waals surface area contributed by atoms with Gasteiger partial charge < -0.3 is 24.5 Å². The highest BCUT2D eigenvalue weighted by molar-refractivity contribution is 9.09. The Morgan fingerprint density at radius 2 is 1.81 bits per heavy atom. The fraction of sp³-hybridized carbons (Fsp3) is 0.424. The van der Waals surface area contributed by atoms with E-state index in [1.807, 2.05) is 37.3 Å². The third-order valence-electron chi connectivity index (χ3n) is 8.92. The molecule has 43 heavy (non-hydrogen) atoms. The highest BCUT2D eigenvalue weighted by atomic mass is 79.9. The summed E-state index contributed by atoms with van der Waals surface area (Å²) in [4.78, 5) is 48.0. The number of nitrogens with zero attached hydrogens (tertiary/aromatic N) is 3. The summed E-state index contributed by atoms with van der Waals surface area (Å²) < 4.78 is 6.71. The van der Waals surface area contributed by atoms with Crippen molar-refractivity contribution >= 4 is 50.9 Å². The van der Waals surface area contributed by atoms with Gasteiger partial charge in [0.2, 0.25) is 11.8 Å². The number of para-hydroxylation sites is 1. The predicted octanol–water partition coefficient (Wildman–Crippen LogP) is 4.59. The quantitative estimate of drug-likeness (QED) is 0.264. The smallest absolute Gasteiger partial charge is 0.253 e. The lowest BCUT2D eigenvalue weighted by molar-refractivity contribution is -0.147. The Kier molecular flexibility index (Phi) is 9.46. The Morgan fingerprint density at radius 1 is 1.14 bits per heavy atom. The zero-order valence-electron chi connectivity index (χ0n) is 24.1. The monoisotopic (exact) mass is 669 g/mol. The second-order valence-electron chi connectivity index (χ2n) is 11.3. The van der Waals surface area contributed by atoms with Crippen LogP contribution in [-0.2, 0) is 25.7 Å². The summed E-state index contributed by atoms with van der Waals surface area (Å²) in [6.07, 6.45) is 3.44. The maximum atomic E-state index is 14.7. The van der Waals surface area contributed by atoms with Gasteiger partial charge in [-0.2, -0.15) is 0 Å². The minimum Gasteiger partial charge on any atom is -0.394 e. The standard InChI is InChI=1S/C33H37BrClN3O5/c1-4-16-36(19-21-12-8-7-9-13-21)30(40)26-27-31(41)38(22(6-3)20-39)29(33(27)18-23(34)28(26)43-33)32(42)37(17-5-2)25-15-11-10-14-24(25)35/h4-5,7-15,22-23,26-29,39H,1-2,6,16-20H2,3H3/t22-,23?,26+,27-,28+,29?,33?/m0/s1. The fourth-order valence-electron chi connectivity index (χ4n) is 7.09. The number of hydrogen-bond acceptors (Lipinski definition) is 5. The average Bonchev–Trinajstić information content (AvgIpc) is 3.60. The van der Waals surface area contributed by atoms with Crippen molar-refractivity contribution < 1.29 is 24.2 Å². The first kappa shape index (κ1) is 31.4. The Morgan fingerprint density at radius 3 is 2.44 bits per heavy atom. The van der Waals surface area contributed by atoms with Crippen LogP contribution in [0.3, 0.4) is 0 Å². The number of aliphatic hydroxyl groups excluding tert-OH is 1. The van der Waals surface area contributed by atoms with Crippen molar-refractivity contribution in [2.24, 2.45) is 11.8 Å². The summed E-state index contributed by atoms with van der Waals surface area (Å²) in [5.74, 6) is -2.68. The summed E-state index contributed by atoms with van der Waals surface area (Å²) in [6, 6.07) is 14.9. The predicted molar refractivity (Wildman–Crippen MR) is 170 cm³/mol. The molecule has 0 radical (unpaired) electrons. The lowest BCUT2D eigenvalue weighted by Crippen LogP contribution is -2.59. The molecule has 3 amide bonds. The SMILES string of the molecule is C=CCN(Cc1ccccc1)C(=O)[C@H]1[C@@H]2OC3(CC2Br)C(C(=O)N(CC=C)c2ccccc2Cl)N([C@@H](CC)CO)C(=O)[C@H]13. The molecule has 3 unspecified atom stereocenters. The number of aliphatic hydroxyl groups is 1. The number of likely N-dealkylation sites (tertiary alicyclic amines) is 1. The van der Waals surface area contributed by atoms with E-state index < -0.39 is 41.5 Å². The second-order valence-corrected chi connectivity index (χ2v) is 12.9. The van der Waals surface area contributed by atoms with Gasteiger partial charge in [-0.25, -0.2) is 0 Å². The molecule has 2 aromatic rings. The molecule has 10 heteroatoms. The first-order valence-corrected chi connectivity index (χ1v) is 15.9. The van der Waals surface area contributed by atoms with Gasteiger partial charge >= 0.3 is 0 Å². The van der Waals surface area contributed by atoms with Crippen LogP contribution in [0.5, 0.6) is 0 Å². The highest BCUT2D eigenvalue weighted by Gasteiger charge is 2.77. The molecule has 3 aliphatic heterocycles. The Hall–Kier alpha value is -2.98. The molecule has 1 N–H and O–H groups in total. The zero-order chi connectivity index (χ0) is 30.9. The lowest BCUT2D eigenvalue weighted by Gasteiger charge is -2.39. The number of alkyl halides is 1. The van der Waals surface area contributed by atoms with Crippen molar-refractivity contribution in [1.82, 2.24) is 9.80 Å². The van der Waals surface area contributed by atoms with Gasteiger partial charge in [-0.3, -0.25) is 14.4 Å². The van der Waals surface area contributed by atoms with Gasteiger partial charge in [0.25, 0.3) is 5.91 Å². The van der Waals surface area contributed by atoms with E-state index in [4.69, 9.17) is 16.3 Å². The number of hydrogen-bond donors (Lipinski definition) is 1. The van der Waals surface area contributed by atoms with E-state index >= 15 is 0 Å². The molecule has 0 saturated carbocycles. The Bertz CT molecular complexity index is 1390. The summed E-state index contributed by atoms with van der Waals surface area (Å²) in [7, 11) is 0. The number of ether oxygens (including phenoxy) is 1. The van der Waals surface area contributed by atoms with Crippen LogP contribution in [0.4, 0.5) is 5.69 Å². The van der Waals surface area contributed by atoms with Gasteiger partial charge in [0.15, 0.2) is 0 Å². The minimum absolute atomic E-state index is 0.144. The second kappa shape index (κ2) is 12.9. The normalized spacial score (nSPS) is 28.0. The van der Waals surface area contributed by atoms with Crippen molar-refractivity contribution in [3.8, 4) is 0 Å². The van der Waals surface area contributed by atoms with Gasteiger partial charge in [-0.1, -0.05) is 89.1 Å². The fourth-order valence-corrected chi connectivity index (χ4v) is 8.27. The minimum atomic E-state index is -1.27. The molecule has 2 aromatic carbocycles. The first-order chi connectivity index (χ1) is 20.7. The number of anilines is 1. The topological polar surface area (TPSA) is 90.4 Å². The van der Waals surface area contributed by atoms with Crippen molar-refractivity contribution in [2.45, 2.75) is 54.9 Å². The summed E-state index contributed by atoms with van der Waals surface area (Å²) in [5, 5.41) is 10.8. The van der Waals surface area contributed by atoms with E-state index in [-0.39, 0.29) is 36.3 Å². The molecule has 2 bridgehead atoms. The molecule has 8 nitrogen and oxygen atoms in total. The molecule has 0 aromatic heterocycles. The average molecular weight is 671 g/mol. The van der Waals surface area contributed by atoms with Gasteiger partial charge in [-0.15, -0.1) is 13.2 Å². The molecule has 3 saturated heterocycles. The highest BCUT2D eigenvalue weighted by Crippen LogP contribution is 2.61. The summed E-state index contributed by atoms with van der Waals surface area (Å²) in [6.45, 7) is 10.00. The van der Waals surface area contributed by atoms with Crippen LogP contribution >= 0.6 is 27.5 Å². The van der Waals surface area contributed by atoms with E-state index in [1.54, 1.807) is 41.3 Å². The molecular formula is C33H37BrClN3O5. The molecule has 7 atom stereocenters. The number of halogens is 2. The lowest BCUT2D eigenvalue weighted by atomic mass is 9.70. The van der Waals surface area contributed by atoms with Crippen molar-refractivity contribution in [3.05, 3.63) is 90.5 Å². The molecule has 0 aliphatic carbocycles. The van der Waals surface area contributed by atoms with Crippen LogP contribution < -0.4 is 4.90 Å². The number of fused-ring (bicyclic) bond motifs is 1. The largest absolute Gasteiger partial charge is 0.394 e. The number of rotatable bonds is 12. The van der Waals surface area contributed by atoms with Crippen LogP contribution in [0.25, 0.3) is 0 Å². The van der Waals surface area contributed by atoms with Gasteiger partial charge in [0, 0.05) is 24.5 Å².